The molecular formula is C16H27N3O2S. The summed E-state index contributed by atoms with van der Waals surface area (Å²) in [4.78, 5) is 11.3. The van der Waals surface area contributed by atoms with Crippen LogP contribution in [0.5, 0.6) is 0 Å². The molecule has 0 radical (unpaired) electrons. The molecule has 5 nitrogen and oxygen atoms in total. The van der Waals surface area contributed by atoms with Gasteiger partial charge in [0, 0.05) is 30.8 Å². The number of aryl methyl sites for hydroxylation is 1. The van der Waals surface area contributed by atoms with Crippen LogP contribution in [-0.4, -0.2) is 42.0 Å². The molecule has 1 aromatic heterocycles. The van der Waals surface area contributed by atoms with Crippen molar-refractivity contribution in [2.75, 3.05) is 23.7 Å². The van der Waals surface area contributed by atoms with Crippen LogP contribution in [-0.2, 0) is 9.84 Å². The average Bonchev–Trinajstić information content (AvgIpc) is 2.46. The minimum atomic E-state index is -3.05. The molecule has 2 rings (SSSR count). The van der Waals surface area contributed by atoms with E-state index in [0.29, 0.717) is 25.9 Å². The molecule has 1 aliphatic rings. The topological polar surface area (TPSA) is 63.2 Å². The summed E-state index contributed by atoms with van der Waals surface area (Å²) < 4.78 is 24.4. The van der Waals surface area contributed by atoms with Crippen LogP contribution in [0.25, 0.3) is 0 Å². The van der Waals surface area contributed by atoms with Crippen molar-refractivity contribution in [3.63, 3.8) is 0 Å². The van der Waals surface area contributed by atoms with Gasteiger partial charge in [0.2, 0.25) is 0 Å². The summed E-state index contributed by atoms with van der Waals surface area (Å²) in [5.74, 6) is 2.14. The number of anilines is 1. The van der Waals surface area contributed by atoms with E-state index in [2.05, 4.69) is 28.7 Å². The maximum atomic E-state index is 12.5. The molecular weight excluding hydrogens is 298 g/mol. The van der Waals surface area contributed by atoms with Crippen molar-refractivity contribution in [3.8, 4) is 0 Å². The largest absolute Gasteiger partial charge is 0.354 e. The summed E-state index contributed by atoms with van der Waals surface area (Å²) in [5.41, 5.74) is 0.931. The second-order valence-electron chi connectivity index (χ2n) is 6.51. The summed E-state index contributed by atoms with van der Waals surface area (Å²) in [6.45, 7) is 11.1. The van der Waals surface area contributed by atoms with Crippen LogP contribution in [0.15, 0.2) is 6.07 Å². The maximum Gasteiger partial charge on any atom is 0.159 e. The molecule has 0 bridgehead atoms. The minimum absolute atomic E-state index is 0.203. The van der Waals surface area contributed by atoms with Crippen molar-refractivity contribution < 1.29 is 8.42 Å². The Bertz CT molecular complexity index is 637. The predicted octanol–water partition coefficient (Wildman–Crippen LogP) is 2.70. The van der Waals surface area contributed by atoms with Gasteiger partial charge in [0.25, 0.3) is 0 Å². The predicted molar refractivity (Wildman–Crippen MR) is 90.2 cm³/mol. The second-order valence-corrected chi connectivity index (χ2v) is 9.01. The molecule has 22 heavy (non-hydrogen) atoms. The molecule has 0 aliphatic carbocycles. The number of aromatic nitrogens is 2. The molecule has 6 heteroatoms. The minimum Gasteiger partial charge on any atom is -0.354 e. The van der Waals surface area contributed by atoms with Gasteiger partial charge in [-0.2, -0.15) is 0 Å². The normalized spacial score (nSPS) is 20.4. The summed E-state index contributed by atoms with van der Waals surface area (Å²) in [5, 5.41) is 0. The van der Waals surface area contributed by atoms with E-state index in [1.807, 2.05) is 26.8 Å². The van der Waals surface area contributed by atoms with Crippen molar-refractivity contribution >= 4 is 15.7 Å². The van der Waals surface area contributed by atoms with E-state index in [4.69, 9.17) is 0 Å². The molecule has 0 N–H and O–H groups in total. The quantitative estimate of drug-likeness (QED) is 0.851. The standard InChI is InChI=1S/C16H27N3O2S/c1-6-16(7-2)11-19(8-9-22(16,20)21)14-10-13(5)17-15(18-14)12(3)4/h10,12H,6-9,11H2,1-5H3. The van der Waals surface area contributed by atoms with Gasteiger partial charge in [-0.05, 0) is 19.8 Å². The Labute approximate surface area is 134 Å². The molecule has 0 amide bonds. The smallest absolute Gasteiger partial charge is 0.159 e. The lowest BCUT2D eigenvalue weighted by molar-refractivity contribution is 0.457. The number of nitrogens with zero attached hydrogens (tertiary/aromatic N) is 3. The summed E-state index contributed by atoms with van der Waals surface area (Å²) in [6.07, 6.45) is 1.28. The summed E-state index contributed by atoms with van der Waals surface area (Å²) in [6, 6.07) is 1.96. The van der Waals surface area contributed by atoms with Gasteiger partial charge in [0.15, 0.2) is 9.84 Å². The van der Waals surface area contributed by atoms with Gasteiger partial charge in [0.1, 0.15) is 11.6 Å². The second kappa shape index (κ2) is 6.14. The first-order valence-corrected chi connectivity index (χ1v) is 9.72. The average molecular weight is 325 g/mol. The first-order valence-electron chi connectivity index (χ1n) is 8.07. The van der Waals surface area contributed by atoms with Crippen LogP contribution < -0.4 is 4.90 Å². The Morgan fingerprint density at radius 3 is 2.45 bits per heavy atom. The third kappa shape index (κ3) is 2.98. The van der Waals surface area contributed by atoms with Gasteiger partial charge >= 0.3 is 0 Å². The van der Waals surface area contributed by atoms with Crippen LogP contribution in [0.4, 0.5) is 5.82 Å². The number of sulfone groups is 1. The zero-order valence-electron chi connectivity index (χ0n) is 14.3. The molecule has 0 aromatic carbocycles. The van der Waals surface area contributed by atoms with Gasteiger partial charge in [-0.1, -0.05) is 27.7 Å². The first kappa shape index (κ1) is 17.2. The fourth-order valence-corrected chi connectivity index (χ4v) is 5.20. The lowest BCUT2D eigenvalue weighted by Crippen LogP contribution is -2.56. The molecule has 0 spiro atoms. The van der Waals surface area contributed by atoms with Gasteiger partial charge in [-0.25, -0.2) is 18.4 Å². The number of hydrogen-bond donors (Lipinski definition) is 0. The molecule has 2 heterocycles. The highest BCUT2D eigenvalue weighted by Gasteiger charge is 2.45. The molecule has 124 valence electrons. The van der Waals surface area contributed by atoms with Gasteiger partial charge in [-0.15, -0.1) is 0 Å². The van der Waals surface area contributed by atoms with Crippen LogP contribution in [0.1, 0.15) is 58.0 Å². The Morgan fingerprint density at radius 2 is 1.91 bits per heavy atom. The molecule has 0 unspecified atom stereocenters. The monoisotopic (exact) mass is 325 g/mol. The molecule has 0 atom stereocenters. The van der Waals surface area contributed by atoms with E-state index >= 15 is 0 Å². The molecule has 1 saturated heterocycles. The van der Waals surface area contributed by atoms with Gasteiger partial charge in [-0.3, -0.25) is 0 Å². The number of hydrogen-bond acceptors (Lipinski definition) is 5. The Morgan fingerprint density at radius 1 is 1.27 bits per heavy atom. The van der Waals surface area contributed by atoms with Crippen LogP contribution >= 0.6 is 0 Å². The lowest BCUT2D eigenvalue weighted by atomic mass is 10.0. The van der Waals surface area contributed by atoms with E-state index in [1.165, 1.54) is 0 Å². The molecule has 1 aliphatic heterocycles. The van der Waals surface area contributed by atoms with Crippen molar-refractivity contribution in [2.45, 2.75) is 58.1 Å². The highest BCUT2D eigenvalue weighted by molar-refractivity contribution is 7.92. The summed E-state index contributed by atoms with van der Waals surface area (Å²) in [7, 11) is -3.05. The van der Waals surface area contributed by atoms with E-state index in [-0.39, 0.29) is 11.7 Å². The van der Waals surface area contributed by atoms with E-state index in [0.717, 1.165) is 17.3 Å². The Hall–Kier alpha value is -1.17. The fourth-order valence-electron chi connectivity index (χ4n) is 3.08. The van der Waals surface area contributed by atoms with Gasteiger partial charge < -0.3 is 4.90 Å². The van der Waals surface area contributed by atoms with E-state index in [9.17, 15) is 8.42 Å². The van der Waals surface area contributed by atoms with Crippen molar-refractivity contribution in [3.05, 3.63) is 17.6 Å². The molecule has 1 aromatic rings. The molecule has 1 fully saturated rings. The van der Waals surface area contributed by atoms with Crippen LogP contribution in [0.3, 0.4) is 0 Å². The van der Waals surface area contributed by atoms with E-state index in [1.54, 1.807) is 0 Å². The van der Waals surface area contributed by atoms with E-state index < -0.39 is 14.6 Å². The van der Waals surface area contributed by atoms with Crippen LogP contribution in [0, 0.1) is 6.92 Å². The fraction of sp³-hybridized carbons (Fsp3) is 0.750. The third-order valence-corrected chi connectivity index (χ3v) is 7.50. The van der Waals surface area contributed by atoms with Crippen molar-refractivity contribution in [1.29, 1.82) is 0 Å². The zero-order valence-corrected chi connectivity index (χ0v) is 15.1. The maximum absolute atomic E-state index is 12.5. The SMILES string of the molecule is CCC1(CC)CN(c2cc(C)nc(C(C)C)n2)CCS1(=O)=O. The lowest BCUT2D eigenvalue weighted by Gasteiger charge is -2.42. The summed E-state index contributed by atoms with van der Waals surface area (Å²) >= 11 is 0. The van der Waals surface area contributed by atoms with Crippen molar-refractivity contribution in [2.24, 2.45) is 0 Å². The highest BCUT2D eigenvalue weighted by Crippen LogP contribution is 2.33. The zero-order chi connectivity index (χ0) is 16.5. The van der Waals surface area contributed by atoms with Crippen LogP contribution in [0.2, 0.25) is 0 Å². The first-order chi connectivity index (χ1) is 10.2. The third-order valence-electron chi connectivity index (χ3n) is 4.76. The highest BCUT2D eigenvalue weighted by atomic mass is 32.2. The van der Waals surface area contributed by atoms with Crippen molar-refractivity contribution in [1.82, 2.24) is 9.97 Å². The number of rotatable bonds is 4. The molecule has 0 saturated carbocycles. The van der Waals surface area contributed by atoms with Gasteiger partial charge in [0.05, 0.1) is 10.5 Å². The Balaban J connectivity index is 2.39. The Kier molecular flexibility index (Phi) is 4.80.